The van der Waals surface area contributed by atoms with Gasteiger partial charge >= 0.3 is 0 Å². The number of carbonyl (C=O) groups excluding carboxylic acids is 2. The lowest BCUT2D eigenvalue weighted by atomic mass is 10.1. The number of nitrogens with one attached hydrogen (secondary N) is 3. The van der Waals surface area contributed by atoms with Gasteiger partial charge in [-0.05, 0) is 48.7 Å². The van der Waals surface area contributed by atoms with Crippen LogP contribution in [0.25, 0.3) is 0 Å². The zero-order chi connectivity index (χ0) is 23.0. The van der Waals surface area contributed by atoms with Gasteiger partial charge in [0.15, 0.2) is 0 Å². The Bertz CT molecular complexity index is 1010. The Morgan fingerprint density at radius 1 is 1.06 bits per heavy atom. The highest BCUT2D eigenvalue weighted by molar-refractivity contribution is 7.89. The fourth-order valence-electron chi connectivity index (χ4n) is 2.71. The number of hydrogen-bond donors (Lipinski definition) is 3. The summed E-state index contributed by atoms with van der Waals surface area (Å²) in [4.78, 5) is 24.0. The molecule has 0 aliphatic rings. The normalized spacial score (nSPS) is 12.4. The molecule has 2 aromatic carbocycles. The lowest BCUT2D eigenvalue weighted by Gasteiger charge is -2.21. The molecule has 0 aliphatic heterocycles. The smallest absolute Gasteiger partial charge is 0.244 e. The molecular weight excluding hydrogens is 445 g/mol. The van der Waals surface area contributed by atoms with E-state index < -0.39 is 32.7 Å². The lowest BCUT2D eigenvalue weighted by molar-refractivity contribution is -0.124. The standard InChI is InChI=1S/C21H25ClFN3O4S/c1-14(2)20(26-31(29,30)18-7-4-3-6-17(18)23)21(28)24-13-5-8-19(27)25-16-11-9-15(22)10-12-16/h3-4,6-7,9-12,14,20,26H,5,8,13H2,1-2H3,(H,24,28)(H,25,27)/t20-/m0/s1. The first-order chi connectivity index (χ1) is 14.6. The van der Waals surface area contributed by atoms with E-state index in [1.54, 1.807) is 38.1 Å². The van der Waals surface area contributed by atoms with Gasteiger partial charge in [0, 0.05) is 23.7 Å². The molecule has 31 heavy (non-hydrogen) atoms. The van der Waals surface area contributed by atoms with E-state index in [0.717, 1.165) is 12.1 Å². The van der Waals surface area contributed by atoms with Crippen molar-refractivity contribution in [1.29, 1.82) is 0 Å². The van der Waals surface area contributed by atoms with Crippen molar-refractivity contribution in [3.05, 3.63) is 59.4 Å². The SMILES string of the molecule is CC(C)[C@H](NS(=O)(=O)c1ccccc1F)C(=O)NCCCC(=O)Nc1ccc(Cl)cc1. The number of amides is 2. The first-order valence-corrected chi connectivity index (χ1v) is 11.6. The van der Waals surface area contributed by atoms with Crippen LogP contribution in [0.2, 0.25) is 5.02 Å². The molecule has 2 aromatic rings. The zero-order valence-electron chi connectivity index (χ0n) is 17.2. The van der Waals surface area contributed by atoms with Crippen molar-refractivity contribution in [3.63, 3.8) is 0 Å². The quantitative estimate of drug-likeness (QED) is 0.464. The van der Waals surface area contributed by atoms with E-state index in [-0.39, 0.29) is 24.8 Å². The highest BCUT2D eigenvalue weighted by atomic mass is 35.5. The van der Waals surface area contributed by atoms with E-state index in [4.69, 9.17) is 11.6 Å². The summed E-state index contributed by atoms with van der Waals surface area (Å²) in [5.41, 5.74) is 0.612. The molecule has 168 valence electrons. The average Bonchev–Trinajstić information content (AvgIpc) is 2.71. The summed E-state index contributed by atoms with van der Waals surface area (Å²) in [6.07, 6.45) is 0.520. The number of hydrogen-bond acceptors (Lipinski definition) is 4. The van der Waals surface area contributed by atoms with Crippen molar-refractivity contribution in [1.82, 2.24) is 10.0 Å². The number of halogens is 2. The van der Waals surface area contributed by atoms with E-state index >= 15 is 0 Å². The van der Waals surface area contributed by atoms with Crippen molar-refractivity contribution >= 4 is 39.1 Å². The van der Waals surface area contributed by atoms with Crippen LogP contribution < -0.4 is 15.4 Å². The molecule has 0 bridgehead atoms. The Morgan fingerprint density at radius 3 is 2.32 bits per heavy atom. The minimum absolute atomic E-state index is 0.163. The minimum Gasteiger partial charge on any atom is -0.355 e. The minimum atomic E-state index is -4.22. The Hall–Kier alpha value is -2.49. The first-order valence-electron chi connectivity index (χ1n) is 9.70. The monoisotopic (exact) mass is 469 g/mol. The molecule has 0 saturated carbocycles. The molecule has 10 heteroatoms. The highest BCUT2D eigenvalue weighted by Crippen LogP contribution is 2.16. The Morgan fingerprint density at radius 2 is 1.71 bits per heavy atom. The van der Waals surface area contributed by atoms with Gasteiger partial charge in [-0.25, -0.2) is 12.8 Å². The maximum Gasteiger partial charge on any atom is 0.244 e. The second-order valence-corrected chi connectivity index (χ2v) is 9.34. The van der Waals surface area contributed by atoms with Gasteiger partial charge in [0.05, 0.1) is 0 Å². The second-order valence-electron chi connectivity index (χ2n) is 7.22. The summed E-state index contributed by atoms with van der Waals surface area (Å²) in [6.45, 7) is 3.53. The van der Waals surface area contributed by atoms with Gasteiger partial charge in [0.1, 0.15) is 16.8 Å². The predicted octanol–water partition coefficient (Wildman–Crippen LogP) is 3.32. The Kier molecular flexibility index (Phi) is 8.97. The van der Waals surface area contributed by atoms with Crippen LogP contribution in [0.15, 0.2) is 53.4 Å². The van der Waals surface area contributed by atoms with Gasteiger partial charge in [-0.2, -0.15) is 4.72 Å². The van der Waals surface area contributed by atoms with E-state index in [2.05, 4.69) is 15.4 Å². The molecule has 7 nitrogen and oxygen atoms in total. The van der Waals surface area contributed by atoms with E-state index in [1.165, 1.54) is 12.1 Å². The third-order valence-electron chi connectivity index (χ3n) is 4.37. The zero-order valence-corrected chi connectivity index (χ0v) is 18.8. The van der Waals surface area contributed by atoms with Crippen LogP contribution in [0.1, 0.15) is 26.7 Å². The van der Waals surface area contributed by atoms with Crippen molar-refractivity contribution in [3.8, 4) is 0 Å². The predicted molar refractivity (Wildman–Crippen MR) is 118 cm³/mol. The summed E-state index contributed by atoms with van der Waals surface area (Å²) in [6, 6.07) is 10.5. The fourth-order valence-corrected chi connectivity index (χ4v) is 4.26. The van der Waals surface area contributed by atoms with Crippen LogP contribution in [0.3, 0.4) is 0 Å². The number of sulfonamides is 1. The van der Waals surface area contributed by atoms with Gasteiger partial charge in [0.25, 0.3) is 0 Å². The van der Waals surface area contributed by atoms with E-state index in [0.29, 0.717) is 17.1 Å². The molecule has 1 atom stereocenters. The summed E-state index contributed by atoms with van der Waals surface area (Å²) < 4.78 is 41.1. The molecule has 0 saturated heterocycles. The molecule has 3 N–H and O–H groups in total. The molecule has 0 radical (unpaired) electrons. The Labute approximate surface area is 186 Å². The molecular formula is C21H25ClFN3O4S. The van der Waals surface area contributed by atoms with Crippen LogP contribution in [0.4, 0.5) is 10.1 Å². The van der Waals surface area contributed by atoms with Crippen LogP contribution in [0.5, 0.6) is 0 Å². The molecule has 0 unspecified atom stereocenters. The Balaban J connectivity index is 1.86. The third-order valence-corrected chi connectivity index (χ3v) is 6.09. The summed E-state index contributed by atoms with van der Waals surface area (Å²) in [5.74, 6) is -2.05. The van der Waals surface area contributed by atoms with Crippen LogP contribution in [-0.4, -0.2) is 32.8 Å². The summed E-state index contributed by atoms with van der Waals surface area (Å²) >= 11 is 5.80. The van der Waals surface area contributed by atoms with Crippen LogP contribution in [-0.2, 0) is 19.6 Å². The average molecular weight is 470 g/mol. The van der Waals surface area contributed by atoms with Crippen LogP contribution >= 0.6 is 11.6 Å². The van der Waals surface area contributed by atoms with Gasteiger partial charge in [-0.3, -0.25) is 9.59 Å². The lowest BCUT2D eigenvalue weighted by Crippen LogP contribution is -2.49. The van der Waals surface area contributed by atoms with E-state index in [1.807, 2.05) is 0 Å². The van der Waals surface area contributed by atoms with Crippen molar-refractivity contribution in [2.75, 3.05) is 11.9 Å². The second kappa shape index (κ2) is 11.2. The van der Waals surface area contributed by atoms with Gasteiger partial charge in [0.2, 0.25) is 21.8 Å². The number of benzene rings is 2. The highest BCUT2D eigenvalue weighted by Gasteiger charge is 2.29. The van der Waals surface area contributed by atoms with Gasteiger partial charge < -0.3 is 10.6 Å². The molecule has 2 amide bonds. The maximum atomic E-state index is 13.9. The number of carbonyl (C=O) groups is 2. The first kappa shape index (κ1) is 24.8. The number of rotatable bonds is 10. The summed E-state index contributed by atoms with van der Waals surface area (Å²) in [5, 5.41) is 5.90. The van der Waals surface area contributed by atoms with Crippen molar-refractivity contribution in [2.24, 2.45) is 5.92 Å². The molecule has 0 aliphatic carbocycles. The summed E-state index contributed by atoms with van der Waals surface area (Å²) in [7, 11) is -4.22. The van der Waals surface area contributed by atoms with Crippen molar-refractivity contribution < 1.29 is 22.4 Å². The molecule has 0 aromatic heterocycles. The topological polar surface area (TPSA) is 104 Å². The molecule has 0 fully saturated rings. The van der Waals surface area contributed by atoms with Gasteiger partial charge in [-0.1, -0.05) is 37.6 Å². The number of anilines is 1. The largest absolute Gasteiger partial charge is 0.355 e. The van der Waals surface area contributed by atoms with Crippen LogP contribution in [0, 0.1) is 11.7 Å². The fraction of sp³-hybridized carbons (Fsp3) is 0.333. The van der Waals surface area contributed by atoms with E-state index in [9.17, 15) is 22.4 Å². The molecule has 0 spiro atoms. The molecule has 0 heterocycles. The van der Waals surface area contributed by atoms with Crippen molar-refractivity contribution in [2.45, 2.75) is 37.6 Å². The molecule has 2 rings (SSSR count). The maximum absolute atomic E-state index is 13.9. The van der Waals surface area contributed by atoms with Gasteiger partial charge in [-0.15, -0.1) is 0 Å². The third kappa shape index (κ3) is 7.61.